The van der Waals surface area contributed by atoms with Crippen molar-refractivity contribution < 1.29 is 13.6 Å². The van der Waals surface area contributed by atoms with E-state index in [0.717, 1.165) is 5.56 Å². The molecular formula is C19H19FN2O2S. The average Bonchev–Trinajstić information content (AvgIpc) is 3.27. The lowest BCUT2D eigenvalue weighted by Gasteiger charge is -2.23. The summed E-state index contributed by atoms with van der Waals surface area (Å²) in [6.45, 7) is 0.485. The van der Waals surface area contributed by atoms with Gasteiger partial charge in [-0.2, -0.15) is 0 Å². The highest BCUT2D eigenvalue weighted by molar-refractivity contribution is 7.10. The van der Waals surface area contributed by atoms with E-state index >= 15 is 0 Å². The van der Waals surface area contributed by atoms with Crippen LogP contribution in [0.3, 0.4) is 0 Å². The van der Waals surface area contributed by atoms with Gasteiger partial charge in [-0.15, -0.1) is 11.3 Å². The van der Waals surface area contributed by atoms with Crippen LogP contribution < -0.4 is 5.32 Å². The van der Waals surface area contributed by atoms with Gasteiger partial charge in [-0.1, -0.05) is 6.07 Å². The predicted molar refractivity (Wildman–Crippen MR) is 97.2 cm³/mol. The number of likely N-dealkylation sites (N-methyl/N-ethyl adjacent to an activating group) is 1. The highest BCUT2D eigenvalue weighted by atomic mass is 32.1. The van der Waals surface area contributed by atoms with Gasteiger partial charge in [-0.3, -0.25) is 4.79 Å². The van der Waals surface area contributed by atoms with E-state index in [1.54, 1.807) is 35.6 Å². The van der Waals surface area contributed by atoms with E-state index in [1.165, 1.54) is 17.0 Å². The third-order valence-electron chi connectivity index (χ3n) is 3.91. The van der Waals surface area contributed by atoms with Gasteiger partial charge in [0.15, 0.2) is 5.76 Å². The third kappa shape index (κ3) is 4.15. The summed E-state index contributed by atoms with van der Waals surface area (Å²) < 4.78 is 18.6. The zero-order valence-corrected chi connectivity index (χ0v) is 14.8. The van der Waals surface area contributed by atoms with Crippen molar-refractivity contribution >= 4 is 17.2 Å². The number of nitrogens with one attached hydrogen (secondary N) is 1. The fraction of sp³-hybridized carbons (Fsp3) is 0.211. The third-order valence-corrected chi connectivity index (χ3v) is 4.88. The van der Waals surface area contributed by atoms with Crippen molar-refractivity contribution in [3.63, 3.8) is 0 Å². The number of halogens is 1. The van der Waals surface area contributed by atoms with Gasteiger partial charge in [0.2, 0.25) is 0 Å². The largest absolute Gasteiger partial charge is 0.451 e. The summed E-state index contributed by atoms with van der Waals surface area (Å²) in [5.74, 6) is 0.198. The van der Waals surface area contributed by atoms with Gasteiger partial charge in [0.25, 0.3) is 5.91 Å². The molecule has 130 valence electrons. The summed E-state index contributed by atoms with van der Waals surface area (Å²) in [7, 11) is 3.96. The number of carbonyl (C=O) groups is 1. The summed E-state index contributed by atoms with van der Waals surface area (Å²) in [4.78, 5) is 15.6. The number of hydrogen-bond donors (Lipinski definition) is 1. The van der Waals surface area contributed by atoms with Crippen LogP contribution >= 0.6 is 11.3 Å². The molecule has 3 aromatic rings. The summed E-state index contributed by atoms with van der Waals surface area (Å²) in [5.41, 5.74) is 0.727. The Labute approximate surface area is 149 Å². The molecule has 2 aromatic heterocycles. The lowest BCUT2D eigenvalue weighted by Crippen LogP contribution is -2.34. The van der Waals surface area contributed by atoms with Gasteiger partial charge in [-0.05, 0) is 61.9 Å². The zero-order valence-electron chi connectivity index (χ0n) is 14.0. The molecule has 0 spiro atoms. The van der Waals surface area contributed by atoms with Gasteiger partial charge in [0.1, 0.15) is 11.6 Å². The molecule has 1 unspecified atom stereocenters. The SMILES string of the molecule is CN(C)C(CNC(=O)c1ccc(-c2ccc(F)cc2)o1)c1cccs1. The maximum Gasteiger partial charge on any atom is 0.287 e. The number of benzene rings is 1. The fourth-order valence-electron chi connectivity index (χ4n) is 2.52. The van der Waals surface area contributed by atoms with Crippen LogP contribution in [0.2, 0.25) is 0 Å². The number of furan rings is 1. The van der Waals surface area contributed by atoms with Crippen molar-refractivity contribution in [1.29, 1.82) is 0 Å². The molecule has 2 heterocycles. The second kappa shape index (κ2) is 7.63. The Morgan fingerprint density at radius 2 is 1.96 bits per heavy atom. The molecule has 0 aliphatic carbocycles. The molecular weight excluding hydrogens is 339 g/mol. The Bertz CT molecular complexity index is 825. The van der Waals surface area contributed by atoms with E-state index in [-0.39, 0.29) is 23.5 Å². The Kier molecular flexibility index (Phi) is 5.31. The monoisotopic (exact) mass is 358 g/mol. The number of nitrogens with zero attached hydrogens (tertiary/aromatic N) is 1. The number of rotatable bonds is 6. The Hall–Kier alpha value is -2.44. The van der Waals surface area contributed by atoms with Gasteiger partial charge in [-0.25, -0.2) is 4.39 Å². The highest BCUT2D eigenvalue weighted by Crippen LogP contribution is 2.24. The molecule has 1 aromatic carbocycles. The molecule has 0 radical (unpaired) electrons. The standard InChI is InChI=1S/C19H19FN2O2S/c1-22(2)15(18-4-3-11-25-18)12-21-19(23)17-10-9-16(24-17)13-5-7-14(20)8-6-13/h3-11,15H,12H2,1-2H3,(H,21,23). The van der Waals surface area contributed by atoms with Crippen LogP contribution in [0.4, 0.5) is 4.39 Å². The summed E-state index contributed by atoms with van der Waals surface area (Å²) in [6.07, 6.45) is 0. The number of hydrogen-bond acceptors (Lipinski definition) is 4. The molecule has 0 aliphatic rings. The molecule has 1 amide bonds. The molecule has 6 heteroatoms. The quantitative estimate of drug-likeness (QED) is 0.719. The van der Waals surface area contributed by atoms with Crippen molar-refractivity contribution in [1.82, 2.24) is 10.2 Å². The van der Waals surface area contributed by atoms with E-state index in [2.05, 4.69) is 16.3 Å². The molecule has 0 fully saturated rings. The van der Waals surface area contributed by atoms with Crippen LogP contribution in [0.15, 0.2) is 58.3 Å². The van der Waals surface area contributed by atoms with E-state index in [4.69, 9.17) is 4.42 Å². The Morgan fingerprint density at radius 3 is 2.60 bits per heavy atom. The van der Waals surface area contributed by atoms with Crippen LogP contribution in [0.25, 0.3) is 11.3 Å². The molecule has 1 N–H and O–H groups in total. The van der Waals surface area contributed by atoms with E-state index in [9.17, 15) is 9.18 Å². The van der Waals surface area contributed by atoms with Crippen LogP contribution in [0.5, 0.6) is 0 Å². The first-order valence-corrected chi connectivity index (χ1v) is 8.76. The fourth-order valence-corrected chi connectivity index (χ4v) is 3.45. The second-order valence-electron chi connectivity index (χ2n) is 5.88. The maximum atomic E-state index is 13.0. The minimum absolute atomic E-state index is 0.107. The van der Waals surface area contributed by atoms with E-state index in [1.807, 2.05) is 25.5 Å². The van der Waals surface area contributed by atoms with E-state index < -0.39 is 0 Å². The lowest BCUT2D eigenvalue weighted by molar-refractivity contribution is 0.0915. The molecule has 1 atom stereocenters. The normalized spacial score (nSPS) is 12.3. The Morgan fingerprint density at radius 1 is 1.20 bits per heavy atom. The van der Waals surface area contributed by atoms with Gasteiger partial charge in [0, 0.05) is 17.0 Å². The van der Waals surface area contributed by atoms with Crippen molar-refractivity contribution in [2.24, 2.45) is 0 Å². The minimum atomic E-state index is -0.309. The topological polar surface area (TPSA) is 45.5 Å². The van der Waals surface area contributed by atoms with Crippen molar-refractivity contribution in [2.45, 2.75) is 6.04 Å². The molecule has 25 heavy (non-hydrogen) atoms. The predicted octanol–water partition coefficient (Wildman–Crippen LogP) is 4.18. The lowest BCUT2D eigenvalue weighted by atomic mass is 10.2. The smallest absolute Gasteiger partial charge is 0.287 e. The van der Waals surface area contributed by atoms with Crippen molar-refractivity contribution in [2.75, 3.05) is 20.6 Å². The van der Waals surface area contributed by atoms with Gasteiger partial charge < -0.3 is 14.6 Å². The summed E-state index contributed by atoms with van der Waals surface area (Å²) >= 11 is 1.66. The molecule has 0 saturated carbocycles. The van der Waals surface area contributed by atoms with Gasteiger partial charge in [0.05, 0.1) is 6.04 Å². The Balaban J connectivity index is 1.66. The van der Waals surface area contributed by atoms with Crippen LogP contribution in [-0.4, -0.2) is 31.4 Å². The number of thiophene rings is 1. The van der Waals surface area contributed by atoms with Gasteiger partial charge >= 0.3 is 0 Å². The first kappa shape index (κ1) is 17.4. The summed E-state index contributed by atoms with van der Waals surface area (Å²) in [6, 6.07) is 13.5. The minimum Gasteiger partial charge on any atom is -0.451 e. The number of amides is 1. The zero-order chi connectivity index (χ0) is 17.8. The maximum absolute atomic E-state index is 13.0. The first-order chi connectivity index (χ1) is 12.0. The summed E-state index contributed by atoms with van der Waals surface area (Å²) in [5, 5.41) is 4.94. The molecule has 3 rings (SSSR count). The molecule has 0 saturated heterocycles. The van der Waals surface area contributed by atoms with Crippen LogP contribution in [0.1, 0.15) is 21.5 Å². The van der Waals surface area contributed by atoms with Crippen molar-refractivity contribution in [3.05, 3.63) is 70.4 Å². The first-order valence-electron chi connectivity index (χ1n) is 7.88. The van der Waals surface area contributed by atoms with Crippen LogP contribution in [0, 0.1) is 5.82 Å². The van der Waals surface area contributed by atoms with Crippen LogP contribution in [-0.2, 0) is 0 Å². The molecule has 0 aliphatic heterocycles. The molecule has 0 bridgehead atoms. The molecule has 4 nitrogen and oxygen atoms in total. The van der Waals surface area contributed by atoms with E-state index in [0.29, 0.717) is 12.3 Å². The second-order valence-corrected chi connectivity index (χ2v) is 6.85. The average molecular weight is 358 g/mol. The number of carbonyl (C=O) groups excluding carboxylic acids is 1. The van der Waals surface area contributed by atoms with Crippen molar-refractivity contribution in [3.8, 4) is 11.3 Å². The highest BCUT2D eigenvalue weighted by Gasteiger charge is 2.18.